The molecule has 4 aromatic rings. The summed E-state index contributed by atoms with van der Waals surface area (Å²) in [5, 5.41) is 4.91. The lowest BCUT2D eigenvalue weighted by Gasteiger charge is -2.09. The van der Waals surface area contributed by atoms with Crippen molar-refractivity contribution >= 4 is 23.0 Å². The average Bonchev–Trinajstić information content (AvgIpc) is 2.84. The predicted octanol–water partition coefficient (Wildman–Crippen LogP) is 5.49. The number of carbonyl (C=O) groups excluding carboxylic acids is 1. The summed E-state index contributed by atoms with van der Waals surface area (Å²) in [6.45, 7) is 5.04. The Morgan fingerprint density at radius 1 is 1.09 bits per heavy atom. The monoisotopic (exact) mass is 438 g/mol. The summed E-state index contributed by atoms with van der Waals surface area (Å²) in [7, 11) is 0. The number of para-hydroxylation sites is 1. The first-order valence-corrected chi connectivity index (χ1v) is 11.0. The average molecular weight is 439 g/mol. The molecule has 2 aromatic heterocycles. The number of amides is 1. The zero-order valence-electron chi connectivity index (χ0n) is 18.7. The summed E-state index contributed by atoms with van der Waals surface area (Å²) in [6.07, 6.45) is 6.06. The van der Waals surface area contributed by atoms with Crippen LogP contribution in [0.4, 0.5) is 0 Å². The Kier molecular flexibility index (Phi) is 7.05. The van der Waals surface area contributed by atoms with Crippen LogP contribution in [0.25, 0.3) is 22.2 Å². The number of aromatic nitrogens is 2. The van der Waals surface area contributed by atoms with Crippen molar-refractivity contribution in [3.05, 3.63) is 90.3 Å². The highest BCUT2D eigenvalue weighted by Crippen LogP contribution is 2.24. The molecule has 0 radical (unpaired) electrons. The number of hydrogen-bond acceptors (Lipinski definition) is 5. The minimum absolute atomic E-state index is 0.302. The number of nitrogens with one attached hydrogen (secondary N) is 1. The van der Waals surface area contributed by atoms with Gasteiger partial charge in [0.25, 0.3) is 5.91 Å². The Balaban J connectivity index is 1.48. The molecule has 0 spiro atoms. The number of hydrazone groups is 1. The number of hydrogen-bond donors (Lipinski definition) is 1. The van der Waals surface area contributed by atoms with Crippen molar-refractivity contribution in [2.24, 2.45) is 11.0 Å². The lowest BCUT2D eigenvalue weighted by Crippen LogP contribution is -2.18. The van der Waals surface area contributed by atoms with E-state index < -0.39 is 0 Å². The van der Waals surface area contributed by atoms with E-state index in [1.807, 2.05) is 60.7 Å². The molecule has 0 unspecified atom stereocenters. The Bertz CT molecular complexity index is 1250. The largest absolute Gasteiger partial charge is 0.494 e. The van der Waals surface area contributed by atoms with Crippen molar-refractivity contribution in [2.75, 3.05) is 6.61 Å². The minimum atomic E-state index is -0.302. The molecule has 4 rings (SSSR count). The number of benzene rings is 2. The highest BCUT2D eigenvalue weighted by molar-refractivity contribution is 6.07. The minimum Gasteiger partial charge on any atom is -0.494 e. The maximum Gasteiger partial charge on any atom is 0.272 e. The van der Waals surface area contributed by atoms with Crippen molar-refractivity contribution in [3.8, 4) is 17.0 Å². The molecule has 6 heteroatoms. The third-order valence-corrected chi connectivity index (χ3v) is 5.14. The van der Waals surface area contributed by atoms with Gasteiger partial charge in [0, 0.05) is 23.3 Å². The summed E-state index contributed by atoms with van der Waals surface area (Å²) in [5.74, 6) is 1.13. The van der Waals surface area contributed by atoms with E-state index in [2.05, 4.69) is 34.3 Å². The van der Waals surface area contributed by atoms with Crippen LogP contribution in [-0.2, 0) is 0 Å². The van der Waals surface area contributed by atoms with E-state index in [0.29, 0.717) is 23.8 Å². The third-order valence-electron chi connectivity index (χ3n) is 5.14. The molecule has 6 nitrogen and oxygen atoms in total. The summed E-state index contributed by atoms with van der Waals surface area (Å²) in [4.78, 5) is 21.8. The number of carbonyl (C=O) groups is 1. The predicted molar refractivity (Wildman–Crippen MR) is 131 cm³/mol. The second kappa shape index (κ2) is 10.5. The lowest BCUT2D eigenvalue weighted by atomic mass is 10.0. The van der Waals surface area contributed by atoms with Crippen LogP contribution in [0.3, 0.4) is 0 Å². The topological polar surface area (TPSA) is 76.5 Å². The van der Waals surface area contributed by atoms with Crippen LogP contribution in [0.5, 0.6) is 5.75 Å². The van der Waals surface area contributed by atoms with Crippen molar-refractivity contribution in [1.82, 2.24) is 15.4 Å². The first-order chi connectivity index (χ1) is 16.1. The first kappa shape index (κ1) is 22.1. The van der Waals surface area contributed by atoms with E-state index in [0.717, 1.165) is 34.2 Å². The van der Waals surface area contributed by atoms with Crippen LogP contribution in [0.1, 0.15) is 36.2 Å². The number of pyridine rings is 2. The molecule has 1 N–H and O–H groups in total. The van der Waals surface area contributed by atoms with Crippen LogP contribution in [0, 0.1) is 5.92 Å². The van der Waals surface area contributed by atoms with Gasteiger partial charge in [0.1, 0.15) is 5.75 Å². The van der Waals surface area contributed by atoms with Crippen LogP contribution < -0.4 is 10.2 Å². The smallest absolute Gasteiger partial charge is 0.272 e. The summed E-state index contributed by atoms with van der Waals surface area (Å²) in [6, 6.07) is 20.7. The summed E-state index contributed by atoms with van der Waals surface area (Å²) in [5.41, 5.74) is 6.27. The fourth-order valence-electron chi connectivity index (χ4n) is 3.31. The Hall–Kier alpha value is -4.06. The molecule has 33 heavy (non-hydrogen) atoms. The highest BCUT2D eigenvalue weighted by atomic mass is 16.5. The molecule has 0 aliphatic rings. The van der Waals surface area contributed by atoms with Crippen molar-refractivity contribution < 1.29 is 9.53 Å². The third kappa shape index (κ3) is 5.80. The quantitative estimate of drug-likeness (QED) is 0.292. The molecule has 0 aliphatic heterocycles. The van der Waals surface area contributed by atoms with Crippen molar-refractivity contribution in [1.29, 1.82) is 0 Å². The van der Waals surface area contributed by atoms with Gasteiger partial charge in [-0.3, -0.25) is 9.78 Å². The normalized spacial score (nSPS) is 11.2. The Morgan fingerprint density at radius 3 is 2.67 bits per heavy atom. The van der Waals surface area contributed by atoms with E-state index in [-0.39, 0.29) is 5.91 Å². The highest BCUT2D eigenvalue weighted by Gasteiger charge is 2.13. The maximum atomic E-state index is 13.0. The van der Waals surface area contributed by atoms with E-state index in [9.17, 15) is 4.79 Å². The van der Waals surface area contributed by atoms with Gasteiger partial charge in [-0.1, -0.05) is 32.0 Å². The van der Waals surface area contributed by atoms with Crippen LogP contribution in [-0.4, -0.2) is 28.7 Å². The van der Waals surface area contributed by atoms with Gasteiger partial charge in [0.05, 0.1) is 29.6 Å². The second-order valence-corrected chi connectivity index (χ2v) is 8.11. The Morgan fingerprint density at radius 2 is 1.91 bits per heavy atom. The fraction of sp³-hybridized carbons (Fsp3) is 0.185. The van der Waals surface area contributed by atoms with Gasteiger partial charge < -0.3 is 4.74 Å². The van der Waals surface area contributed by atoms with Crippen LogP contribution >= 0.6 is 0 Å². The van der Waals surface area contributed by atoms with Gasteiger partial charge in [-0.15, -0.1) is 0 Å². The van der Waals surface area contributed by atoms with Gasteiger partial charge in [-0.2, -0.15) is 5.10 Å². The molecule has 166 valence electrons. The maximum absolute atomic E-state index is 13.0. The zero-order valence-corrected chi connectivity index (χ0v) is 18.7. The van der Waals surface area contributed by atoms with Gasteiger partial charge in [0.2, 0.25) is 0 Å². The molecular formula is C27H26N4O2. The molecule has 1 amide bonds. The molecule has 2 heterocycles. The number of rotatable bonds is 8. The van der Waals surface area contributed by atoms with Gasteiger partial charge >= 0.3 is 0 Å². The van der Waals surface area contributed by atoms with Gasteiger partial charge in [0.15, 0.2) is 0 Å². The van der Waals surface area contributed by atoms with Crippen molar-refractivity contribution in [3.63, 3.8) is 0 Å². The SMILES string of the molecule is CC(C)CCOc1ccc(C=NNC(=O)c2cc(-c3cccnc3)nc3ccccc23)cc1. The number of ether oxygens (including phenoxy) is 1. The van der Waals surface area contributed by atoms with Crippen LogP contribution in [0.15, 0.2) is 84.2 Å². The van der Waals surface area contributed by atoms with Crippen molar-refractivity contribution in [2.45, 2.75) is 20.3 Å². The van der Waals surface area contributed by atoms with Crippen LogP contribution in [0.2, 0.25) is 0 Å². The zero-order chi connectivity index (χ0) is 23.0. The second-order valence-electron chi connectivity index (χ2n) is 8.11. The fourth-order valence-corrected chi connectivity index (χ4v) is 3.31. The van der Waals surface area contributed by atoms with E-state index in [4.69, 9.17) is 4.74 Å². The molecule has 0 bridgehead atoms. The van der Waals surface area contributed by atoms with E-state index >= 15 is 0 Å². The summed E-state index contributed by atoms with van der Waals surface area (Å²) >= 11 is 0. The number of fused-ring (bicyclic) bond motifs is 1. The van der Waals surface area contributed by atoms with E-state index in [1.165, 1.54) is 0 Å². The lowest BCUT2D eigenvalue weighted by molar-refractivity contribution is 0.0956. The molecule has 0 fully saturated rings. The molecule has 0 saturated carbocycles. The Labute approximate surface area is 193 Å². The molecule has 0 atom stereocenters. The summed E-state index contributed by atoms with van der Waals surface area (Å²) < 4.78 is 5.74. The standard InChI is InChI=1S/C27H26N4O2/c1-19(2)13-15-33-22-11-9-20(10-12-22)17-29-31-27(32)24-16-26(21-6-5-14-28-18-21)30-25-8-4-3-7-23(24)25/h3-12,14,16-19H,13,15H2,1-2H3,(H,31,32). The van der Waals surface area contributed by atoms with Gasteiger partial charge in [-0.25, -0.2) is 10.4 Å². The number of nitrogens with zero attached hydrogens (tertiary/aromatic N) is 3. The van der Waals surface area contributed by atoms with Gasteiger partial charge in [-0.05, 0) is 66.4 Å². The molecule has 2 aromatic carbocycles. The molecule has 0 aliphatic carbocycles. The van der Waals surface area contributed by atoms with E-state index in [1.54, 1.807) is 24.7 Å². The molecule has 0 saturated heterocycles. The molecular weight excluding hydrogens is 412 g/mol. The first-order valence-electron chi connectivity index (χ1n) is 11.0.